The van der Waals surface area contributed by atoms with Crippen LogP contribution in [0.5, 0.6) is 0 Å². The summed E-state index contributed by atoms with van der Waals surface area (Å²) in [7, 11) is 0. The molecule has 0 saturated heterocycles. The quantitative estimate of drug-likeness (QED) is 0.189. The van der Waals surface area contributed by atoms with E-state index < -0.39 is 0 Å². The number of rotatable bonds is 2. The molecule has 7 aromatic rings. The molecule has 0 aliphatic heterocycles. The fourth-order valence-corrected chi connectivity index (χ4v) is 6.21. The Bertz CT molecular complexity index is 2130. The predicted molar refractivity (Wildman–Crippen MR) is 155 cm³/mol. The molecule has 0 radical (unpaired) electrons. The van der Waals surface area contributed by atoms with E-state index in [4.69, 9.17) is 0 Å². The van der Waals surface area contributed by atoms with Gasteiger partial charge in [0.15, 0.2) is 10.9 Å². The molecule has 7 aromatic carbocycles. The van der Waals surface area contributed by atoms with Crippen LogP contribution in [0.15, 0.2) is 82.4 Å². The highest BCUT2D eigenvalue weighted by atomic mass is 16.1. The van der Waals surface area contributed by atoms with E-state index in [-0.39, 0.29) is 10.9 Å². The molecule has 0 spiro atoms. The second-order valence-electron chi connectivity index (χ2n) is 10.8. The van der Waals surface area contributed by atoms with Gasteiger partial charge in [-0.3, -0.25) is 9.59 Å². The van der Waals surface area contributed by atoms with Crippen LogP contribution in [-0.2, 0) is 0 Å². The normalized spacial score (nSPS) is 12.6. The van der Waals surface area contributed by atoms with Gasteiger partial charge in [0.2, 0.25) is 0 Å². The molecule has 0 atom stereocenters. The molecule has 0 fully saturated rings. The van der Waals surface area contributed by atoms with E-state index in [9.17, 15) is 9.59 Å². The lowest BCUT2D eigenvalue weighted by molar-refractivity contribution is 0.869. The molecule has 2 nitrogen and oxygen atoms in total. The van der Waals surface area contributed by atoms with Crippen molar-refractivity contribution >= 4 is 64.6 Å². The summed E-state index contributed by atoms with van der Waals surface area (Å²) in [6, 6.07) is 24.7. The van der Waals surface area contributed by atoms with Crippen LogP contribution in [-0.4, -0.2) is 0 Å². The molecule has 2 heteroatoms. The first-order valence-corrected chi connectivity index (χ1v) is 12.8. The van der Waals surface area contributed by atoms with Crippen LogP contribution in [0.1, 0.15) is 50.7 Å². The summed E-state index contributed by atoms with van der Waals surface area (Å²) in [4.78, 5) is 27.6. The molecule has 0 bridgehead atoms. The third-order valence-electron chi connectivity index (χ3n) is 8.11. The lowest BCUT2D eigenvalue weighted by Gasteiger charge is -2.18. The SMILES string of the molecule is CC(C)c1ccc2c(c1)c(=O)c1cccc3c1c2c1cccc2c(=O)c4ccc(C(C)C)cc4c3c21. The molecule has 0 N–H and O–H groups in total. The second-order valence-corrected chi connectivity index (χ2v) is 10.8. The molecule has 0 saturated carbocycles. The number of fused-ring (bicyclic) bond motifs is 6. The van der Waals surface area contributed by atoms with Crippen LogP contribution in [0.2, 0.25) is 0 Å². The molecule has 0 heterocycles. The highest BCUT2D eigenvalue weighted by molar-refractivity contribution is 6.41. The molecule has 0 aliphatic rings. The Kier molecular flexibility index (Phi) is 4.27. The van der Waals surface area contributed by atoms with E-state index >= 15 is 0 Å². The molecular weight excluding hydrogens is 440 g/mol. The highest BCUT2D eigenvalue weighted by Crippen LogP contribution is 2.44. The standard InChI is InChI=1S/C34H26O2/c1-17(2)19-12-14-22-27(15-19)32-24-8-6-10-26-30(24)29(23-7-5-9-25(31(23)32)33(22)35)21-13-11-20(18(3)4)16-28(21)34(26)36/h5-18H,1-4H3. The average molecular weight is 467 g/mol. The Balaban J connectivity index is 1.87. The second kappa shape index (κ2) is 7.24. The van der Waals surface area contributed by atoms with Crippen molar-refractivity contribution in [2.45, 2.75) is 39.5 Å². The molecule has 0 unspecified atom stereocenters. The first-order valence-electron chi connectivity index (χ1n) is 12.8. The fourth-order valence-electron chi connectivity index (χ4n) is 6.21. The molecule has 0 amide bonds. The van der Waals surface area contributed by atoms with Crippen molar-refractivity contribution in [3.05, 3.63) is 104 Å². The largest absolute Gasteiger partial charge is 0.289 e. The topological polar surface area (TPSA) is 34.1 Å². The summed E-state index contributed by atoms with van der Waals surface area (Å²) in [5.41, 5.74) is 2.52. The smallest absolute Gasteiger partial charge is 0.194 e. The maximum Gasteiger partial charge on any atom is 0.194 e. The molecular formula is C34H26O2. The van der Waals surface area contributed by atoms with E-state index in [1.165, 1.54) is 5.56 Å². The Morgan fingerprint density at radius 3 is 1.39 bits per heavy atom. The molecule has 36 heavy (non-hydrogen) atoms. The summed E-state index contributed by atoms with van der Waals surface area (Å²) in [5.74, 6) is 0.683. The van der Waals surface area contributed by atoms with Gasteiger partial charge >= 0.3 is 0 Å². The van der Waals surface area contributed by atoms with Crippen LogP contribution < -0.4 is 10.9 Å². The van der Waals surface area contributed by atoms with Gasteiger partial charge in [0.05, 0.1) is 0 Å². The minimum atomic E-state index is 0.0726. The third kappa shape index (κ3) is 2.62. The summed E-state index contributed by atoms with van der Waals surface area (Å²) >= 11 is 0. The van der Waals surface area contributed by atoms with Gasteiger partial charge in [0.25, 0.3) is 0 Å². The van der Waals surface area contributed by atoms with Gasteiger partial charge in [-0.15, -0.1) is 0 Å². The van der Waals surface area contributed by atoms with Crippen molar-refractivity contribution < 1.29 is 0 Å². The van der Waals surface area contributed by atoms with Crippen LogP contribution in [0.4, 0.5) is 0 Å². The van der Waals surface area contributed by atoms with E-state index in [1.54, 1.807) is 0 Å². The zero-order valence-corrected chi connectivity index (χ0v) is 20.9. The van der Waals surface area contributed by atoms with E-state index in [0.29, 0.717) is 11.8 Å². The van der Waals surface area contributed by atoms with Crippen LogP contribution in [0.25, 0.3) is 64.6 Å². The monoisotopic (exact) mass is 466 g/mol. The number of hydrogen-bond donors (Lipinski definition) is 0. The van der Waals surface area contributed by atoms with Gasteiger partial charge in [-0.1, -0.05) is 94.4 Å². The molecule has 7 rings (SSSR count). The highest BCUT2D eigenvalue weighted by Gasteiger charge is 2.21. The number of hydrogen-bond acceptors (Lipinski definition) is 2. The van der Waals surface area contributed by atoms with Crippen molar-refractivity contribution in [1.82, 2.24) is 0 Å². The van der Waals surface area contributed by atoms with Gasteiger partial charge in [-0.2, -0.15) is 0 Å². The summed E-state index contributed by atoms with van der Waals surface area (Å²) in [6.07, 6.45) is 0. The maximum absolute atomic E-state index is 13.9. The molecule has 0 aliphatic carbocycles. The zero-order chi connectivity index (χ0) is 24.9. The fraction of sp³-hybridized carbons (Fsp3) is 0.176. The van der Waals surface area contributed by atoms with Crippen molar-refractivity contribution in [2.75, 3.05) is 0 Å². The summed E-state index contributed by atoms with van der Waals surface area (Å²) in [6.45, 7) is 8.65. The first-order chi connectivity index (χ1) is 17.4. The Morgan fingerprint density at radius 1 is 0.417 bits per heavy atom. The Hall–Kier alpha value is -4.04. The minimum Gasteiger partial charge on any atom is -0.289 e. The zero-order valence-electron chi connectivity index (χ0n) is 20.9. The van der Waals surface area contributed by atoms with Gasteiger partial charge in [-0.25, -0.2) is 0 Å². The number of benzene rings is 7. The first kappa shape index (κ1) is 21.3. The van der Waals surface area contributed by atoms with E-state index in [2.05, 4.69) is 70.2 Å². The maximum atomic E-state index is 13.9. The Morgan fingerprint density at radius 2 is 0.833 bits per heavy atom. The van der Waals surface area contributed by atoms with Crippen molar-refractivity contribution in [1.29, 1.82) is 0 Å². The Labute approximate surface area is 208 Å². The van der Waals surface area contributed by atoms with E-state index in [1.807, 2.05) is 30.3 Å². The van der Waals surface area contributed by atoms with Crippen molar-refractivity contribution in [3.8, 4) is 0 Å². The van der Waals surface area contributed by atoms with Gasteiger partial charge in [0.1, 0.15) is 0 Å². The van der Waals surface area contributed by atoms with Crippen LogP contribution >= 0.6 is 0 Å². The lowest BCUT2D eigenvalue weighted by atomic mass is 9.84. The van der Waals surface area contributed by atoms with Crippen LogP contribution in [0, 0.1) is 0 Å². The minimum absolute atomic E-state index is 0.0726. The van der Waals surface area contributed by atoms with Crippen molar-refractivity contribution in [3.63, 3.8) is 0 Å². The van der Waals surface area contributed by atoms with Crippen molar-refractivity contribution in [2.24, 2.45) is 0 Å². The molecule has 174 valence electrons. The van der Waals surface area contributed by atoms with Crippen LogP contribution in [0.3, 0.4) is 0 Å². The summed E-state index contributed by atoms with van der Waals surface area (Å²) in [5, 5.41) is 11.2. The lowest BCUT2D eigenvalue weighted by Crippen LogP contribution is -2.07. The third-order valence-corrected chi connectivity index (χ3v) is 8.11. The molecule has 0 aromatic heterocycles. The average Bonchev–Trinajstić information content (AvgIpc) is 2.89. The van der Waals surface area contributed by atoms with E-state index in [0.717, 1.165) is 70.2 Å². The predicted octanol–water partition coefficient (Wildman–Crippen LogP) is 8.45. The van der Waals surface area contributed by atoms with Gasteiger partial charge in [-0.05, 0) is 61.3 Å². The van der Waals surface area contributed by atoms with Gasteiger partial charge < -0.3 is 0 Å². The summed E-state index contributed by atoms with van der Waals surface area (Å²) < 4.78 is 0. The van der Waals surface area contributed by atoms with Gasteiger partial charge in [0, 0.05) is 32.3 Å².